The highest BCUT2D eigenvalue weighted by Crippen LogP contribution is 2.64. The van der Waals surface area contributed by atoms with Gasteiger partial charge in [-0.3, -0.25) is 0 Å². The van der Waals surface area contributed by atoms with Crippen molar-refractivity contribution in [1.82, 2.24) is 0 Å². The highest BCUT2D eigenvalue weighted by molar-refractivity contribution is 6.21. The molecule has 0 N–H and O–H groups in total. The second kappa shape index (κ2) is 14.6. The maximum Gasteiger partial charge on any atom is 0.144 e. The fourth-order valence-corrected chi connectivity index (χ4v) is 13.9. The normalized spacial score (nSPS) is 15.1. The first-order chi connectivity index (χ1) is 35.4. The van der Waals surface area contributed by atoms with Gasteiger partial charge in [0.2, 0.25) is 0 Å². The van der Waals surface area contributed by atoms with Crippen molar-refractivity contribution < 1.29 is 8.83 Å². The molecule has 0 unspecified atom stereocenters. The molecule has 3 heteroatoms. The Hall–Kier alpha value is -8.40. The zero-order chi connectivity index (χ0) is 49.3. The smallest absolute Gasteiger partial charge is 0.144 e. The van der Waals surface area contributed by atoms with Crippen LogP contribution in [0.15, 0.2) is 203 Å². The number of aryl methyl sites for hydroxylation is 1. The average molecular weight is 940 g/mol. The van der Waals surface area contributed by atoms with Crippen molar-refractivity contribution in [3.8, 4) is 55.6 Å². The number of benzene rings is 10. The first-order valence-electron chi connectivity index (χ1n) is 25.8. The van der Waals surface area contributed by atoms with Gasteiger partial charge in [-0.25, -0.2) is 0 Å². The fourth-order valence-electron chi connectivity index (χ4n) is 13.9. The molecule has 0 atom stereocenters. The van der Waals surface area contributed by atoms with Gasteiger partial charge in [0.05, 0.1) is 5.69 Å². The number of rotatable bonds is 5. The second-order valence-corrected chi connectivity index (χ2v) is 22.4. The molecule has 0 spiro atoms. The van der Waals surface area contributed by atoms with Gasteiger partial charge in [0.25, 0.3) is 0 Å². The molecule has 73 heavy (non-hydrogen) atoms. The molecule has 3 aliphatic carbocycles. The van der Waals surface area contributed by atoms with Crippen LogP contribution in [-0.2, 0) is 16.2 Å². The molecule has 12 aromatic rings. The molecule has 3 aliphatic rings. The van der Waals surface area contributed by atoms with Crippen molar-refractivity contribution in [2.24, 2.45) is 0 Å². The molecule has 10 aromatic carbocycles. The SMILES string of the molecule is Cc1cccc(-c2cc3c(c4c2oc2ccccc24)-c2ccc(N(c4ccc5c(c4)C(C)(C)c4c6c(c7oc8ccccc8c7c4-5)-c4ccccc4C6(C)C)c4ccccc4-c4ccccc4)cc2C3(C)C)c1. The van der Waals surface area contributed by atoms with Crippen LogP contribution in [0.4, 0.5) is 17.1 Å². The lowest BCUT2D eigenvalue weighted by Crippen LogP contribution is -2.24. The van der Waals surface area contributed by atoms with E-state index in [1.807, 2.05) is 0 Å². The molecule has 2 heterocycles. The maximum atomic E-state index is 7.02. The van der Waals surface area contributed by atoms with E-state index < -0.39 is 0 Å². The van der Waals surface area contributed by atoms with E-state index in [-0.39, 0.29) is 16.2 Å². The monoisotopic (exact) mass is 939 g/mol. The van der Waals surface area contributed by atoms with Crippen LogP contribution in [0.5, 0.6) is 0 Å². The summed E-state index contributed by atoms with van der Waals surface area (Å²) in [5, 5.41) is 4.72. The Morgan fingerprint density at radius 1 is 0.356 bits per heavy atom. The Bertz CT molecular complexity index is 4370. The number of anilines is 3. The van der Waals surface area contributed by atoms with Gasteiger partial charge in [-0.05, 0) is 128 Å². The molecule has 0 saturated heterocycles. The summed E-state index contributed by atoms with van der Waals surface area (Å²) in [6.07, 6.45) is 0. The molecule has 350 valence electrons. The van der Waals surface area contributed by atoms with Crippen LogP contribution in [0.2, 0.25) is 0 Å². The van der Waals surface area contributed by atoms with E-state index in [1.165, 1.54) is 105 Å². The highest BCUT2D eigenvalue weighted by Gasteiger charge is 2.49. The summed E-state index contributed by atoms with van der Waals surface area (Å²) in [6, 6.07) is 71.7. The van der Waals surface area contributed by atoms with E-state index in [0.29, 0.717) is 0 Å². The molecule has 0 bridgehead atoms. The molecule has 0 amide bonds. The molecular formula is C70H53NO2. The molecule has 3 nitrogen and oxygen atoms in total. The largest absolute Gasteiger partial charge is 0.455 e. The number of fused-ring (bicyclic) bond motifs is 19. The topological polar surface area (TPSA) is 29.5 Å². The second-order valence-electron chi connectivity index (χ2n) is 22.4. The summed E-state index contributed by atoms with van der Waals surface area (Å²) >= 11 is 0. The summed E-state index contributed by atoms with van der Waals surface area (Å²) < 4.78 is 13.9. The summed E-state index contributed by atoms with van der Waals surface area (Å²) in [4.78, 5) is 2.52. The minimum Gasteiger partial charge on any atom is -0.455 e. The van der Waals surface area contributed by atoms with Gasteiger partial charge in [-0.2, -0.15) is 0 Å². The van der Waals surface area contributed by atoms with Crippen LogP contribution >= 0.6 is 0 Å². The van der Waals surface area contributed by atoms with Crippen LogP contribution < -0.4 is 4.90 Å². The van der Waals surface area contributed by atoms with Gasteiger partial charge in [0.1, 0.15) is 22.3 Å². The van der Waals surface area contributed by atoms with Gasteiger partial charge in [-0.1, -0.05) is 193 Å². The zero-order valence-corrected chi connectivity index (χ0v) is 42.2. The Morgan fingerprint density at radius 2 is 0.890 bits per heavy atom. The average Bonchev–Trinajstić information content (AvgIpc) is 4.17. The van der Waals surface area contributed by atoms with E-state index >= 15 is 0 Å². The third-order valence-electron chi connectivity index (χ3n) is 17.2. The number of hydrogen-bond donors (Lipinski definition) is 0. The first-order valence-corrected chi connectivity index (χ1v) is 25.8. The van der Waals surface area contributed by atoms with Crippen LogP contribution in [0.3, 0.4) is 0 Å². The van der Waals surface area contributed by atoms with Gasteiger partial charge >= 0.3 is 0 Å². The number of hydrogen-bond acceptors (Lipinski definition) is 3. The molecule has 0 saturated carbocycles. The predicted molar refractivity (Wildman–Crippen MR) is 304 cm³/mol. The lowest BCUT2D eigenvalue weighted by Gasteiger charge is -2.32. The van der Waals surface area contributed by atoms with Crippen molar-refractivity contribution in [2.75, 3.05) is 4.90 Å². The van der Waals surface area contributed by atoms with Crippen LogP contribution in [0.1, 0.15) is 80.5 Å². The summed E-state index contributed by atoms with van der Waals surface area (Å²) in [5.41, 5.74) is 27.8. The zero-order valence-electron chi connectivity index (χ0n) is 42.2. The van der Waals surface area contributed by atoms with Crippen LogP contribution in [0.25, 0.3) is 99.5 Å². The summed E-state index contributed by atoms with van der Waals surface area (Å²) in [5.74, 6) is 0. The Kier molecular flexibility index (Phi) is 8.47. The van der Waals surface area contributed by atoms with E-state index in [0.717, 1.165) is 50.3 Å². The van der Waals surface area contributed by atoms with Gasteiger partial charge in [-0.15, -0.1) is 0 Å². The standard InChI is InChI=1S/C70H53NO2/c1-40-20-19-23-42(36-40)51-39-55-59(61-49-26-13-17-30-57(49)72-66(51)61)47-34-32-43(37-53(47)68(55,2)3)71(56-29-16-12-24-45(56)41-21-9-8-10-22-41)44-33-35-48-54(38-44)70(6,7)64-60(48)62-50-27-14-18-31-58(50)73-67(62)63-46-25-11-15-28-52(46)69(4,5)65(63)64/h8-39H,1-7H3. The highest BCUT2D eigenvalue weighted by atomic mass is 16.3. The van der Waals surface area contributed by atoms with E-state index in [1.54, 1.807) is 0 Å². The predicted octanol–water partition coefficient (Wildman–Crippen LogP) is 19.5. The quantitative estimate of drug-likeness (QED) is 0.172. The summed E-state index contributed by atoms with van der Waals surface area (Å²) in [7, 11) is 0. The first kappa shape index (κ1) is 42.3. The Labute approximate surface area is 426 Å². The van der Waals surface area contributed by atoms with Crippen molar-refractivity contribution >= 4 is 60.9 Å². The van der Waals surface area contributed by atoms with Gasteiger partial charge in [0, 0.05) is 65.9 Å². The van der Waals surface area contributed by atoms with E-state index in [2.05, 4.69) is 247 Å². The molecule has 2 aromatic heterocycles. The van der Waals surface area contributed by atoms with Crippen molar-refractivity contribution in [2.45, 2.75) is 64.7 Å². The third-order valence-corrected chi connectivity index (χ3v) is 17.2. The molecule has 0 radical (unpaired) electrons. The molecule has 0 fully saturated rings. The van der Waals surface area contributed by atoms with Crippen LogP contribution in [0, 0.1) is 6.92 Å². The number of para-hydroxylation sites is 3. The van der Waals surface area contributed by atoms with Gasteiger partial charge in [0.15, 0.2) is 0 Å². The van der Waals surface area contributed by atoms with E-state index in [9.17, 15) is 0 Å². The van der Waals surface area contributed by atoms with E-state index in [4.69, 9.17) is 8.83 Å². The molecule has 0 aliphatic heterocycles. The minimum absolute atomic E-state index is 0.240. The van der Waals surface area contributed by atoms with Crippen molar-refractivity contribution in [3.05, 3.63) is 233 Å². The summed E-state index contributed by atoms with van der Waals surface area (Å²) in [6.45, 7) is 16.7. The van der Waals surface area contributed by atoms with Gasteiger partial charge < -0.3 is 13.7 Å². The lowest BCUT2D eigenvalue weighted by molar-refractivity contribution is 0.600. The maximum absolute atomic E-state index is 7.02. The Morgan fingerprint density at radius 3 is 1.60 bits per heavy atom. The molecule has 15 rings (SSSR count). The minimum atomic E-state index is -0.351. The fraction of sp³-hybridized carbons (Fsp3) is 0.143. The molecular weight excluding hydrogens is 887 g/mol. The Balaban J connectivity index is 0.975. The lowest BCUT2D eigenvalue weighted by atomic mass is 9.72. The van der Waals surface area contributed by atoms with Crippen molar-refractivity contribution in [1.29, 1.82) is 0 Å². The van der Waals surface area contributed by atoms with Crippen LogP contribution in [-0.4, -0.2) is 0 Å². The number of furan rings is 2. The number of nitrogens with zero attached hydrogens (tertiary/aromatic N) is 1. The van der Waals surface area contributed by atoms with Crippen molar-refractivity contribution in [3.63, 3.8) is 0 Å². The third kappa shape index (κ3) is 5.60.